The van der Waals surface area contributed by atoms with E-state index in [1.807, 2.05) is 6.92 Å². The number of nitrogens with one attached hydrogen (secondary N) is 1. The molecule has 1 N–H and O–H groups in total. The molecule has 0 saturated heterocycles. The van der Waals surface area contributed by atoms with Crippen LogP contribution in [0.2, 0.25) is 5.02 Å². The van der Waals surface area contributed by atoms with Gasteiger partial charge in [-0.2, -0.15) is 0 Å². The highest BCUT2D eigenvalue weighted by molar-refractivity contribution is 9.10. The molecule has 0 fully saturated rings. The zero-order valence-corrected chi connectivity index (χ0v) is 11.9. The Morgan fingerprint density at radius 1 is 1.56 bits per heavy atom. The summed E-state index contributed by atoms with van der Waals surface area (Å²) in [6.07, 6.45) is 0. The van der Waals surface area contributed by atoms with Gasteiger partial charge in [0.15, 0.2) is 0 Å². The Morgan fingerprint density at radius 3 is 2.81 bits per heavy atom. The summed E-state index contributed by atoms with van der Waals surface area (Å²) in [4.78, 5) is 11.7. The Kier molecular flexibility index (Phi) is 5.59. The molecule has 0 spiro atoms. The molecule has 0 aliphatic heterocycles. The van der Waals surface area contributed by atoms with E-state index in [2.05, 4.69) is 21.2 Å². The summed E-state index contributed by atoms with van der Waals surface area (Å²) in [5, 5.41) is 3.22. The van der Waals surface area contributed by atoms with Gasteiger partial charge < -0.3 is 5.32 Å². The van der Waals surface area contributed by atoms with Crippen molar-refractivity contribution in [2.24, 2.45) is 5.92 Å². The van der Waals surface area contributed by atoms with E-state index in [4.69, 9.17) is 23.2 Å². The average Bonchev–Trinajstić information content (AvgIpc) is 2.25. The zero-order chi connectivity index (χ0) is 12.1. The number of amides is 1. The van der Waals surface area contributed by atoms with Crippen LogP contribution in [0.1, 0.15) is 17.3 Å². The van der Waals surface area contributed by atoms with Gasteiger partial charge in [0.2, 0.25) is 0 Å². The third-order valence-corrected chi connectivity index (χ3v) is 3.38. The van der Waals surface area contributed by atoms with Crippen molar-refractivity contribution in [3.05, 3.63) is 33.3 Å². The summed E-state index contributed by atoms with van der Waals surface area (Å²) < 4.78 is 0.850. The number of rotatable bonds is 4. The number of hydrogen-bond donors (Lipinski definition) is 1. The fourth-order valence-corrected chi connectivity index (χ4v) is 1.96. The van der Waals surface area contributed by atoms with Crippen molar-refractivity contribution in [2.45, 2.75) is 6.92 Å². The molecule has 0 heterocycles. The van der Waals surface area contributed by atoms with Crippen LogP contribution in [-0.2, 0) is 0 Å². The molecule has 1 unspecified atom stereocenters. The Hall–Kier alpha value is -0.250. The molecule has 0 aromatic heterocycles. The van der Waals surface area contributed by atoms with E-state index < -0.39 is 0 Å². The Morgan fingerprint density at radius 2 is 2.25 bits per heavy atom. The zero-order valence-electron chi connectivity index (χ0n) is 8.77. The largest absolute Gasteiger partial charge is 0.352 e. The highest BCUT2D eigenvalue weighted by Gasteiger charge is 2.11. The number of alkyl halides is 1. The third-order valence-electron chi connectivity index (χ3n) is 2.05. The van der Waals surface area contributed by atoms with Crippen LogP contribution in [0, 0.1) is 5.92 Å². The molecule has 0 saturated carbocycles. The summed E-state index contributed by atoms with van der Waals surface area (Å²) in [7, 11) is 0. The second-order valence-corrected chi connectivity index (χ2v) is 5.23. The lowest BCUT2D eigenvalue weighted by Gasteiger charge is -2.10. The number of carbonyl (C=O) groups excluding carboxylic acids is 1. The number of benzene rings is 1. The molecule has 1 atom stereocenters. The molecule has 0 bridgehead atoms. The summed E-state index contributed by atoms with van der Waals surface area (Å²) in [5.74, 6) is 0.600. The second kappa shape index (κ2) is 6.48. The van der Waals surface area contributed by atoms with Crippen molar-refractivity contribution < 1.29 is 4.79 Å². The lowest BCUT2D eigenvalue weighted by atomic mass is 10.2. The van der Waals surface area contributed by atoms with Crippen LogP contribution in [0.5, 0.6) is 0 Å². The molecule has 1 rings (SSSR count). The molecule has 1 aromatic rings. The maximum Gasteiger partial charge on any atom is 0.252 e. The normalized spacial score (nSPS) is 12.2. The molecule has 5 heteroatoms. The predicted molar refractivity (Wildman–Crippen MR) is 71.4 cm³/mol. The summed E-state index contributed by atoms with van der Waals surface area (Å²) in [6, 6.07) is 5.17. The fourth-order valence-electron chi connectivity index (χ4n) is 1.09. The second-order valence-electron chi connectivity index (χ2n) is 3.59. The van der Waals surface area contributed by atoms with Gasteiger partial charge in [-0.25, -0.2) is 0 Å². The van der Waals surface area contributed by atoms with Crippen molar-refractivity contribution >= 4 is 45.0 Å². The first-order chi connectivity index (χ1) is 7.54. The first-order valence-electron chi connectivity index (χ1n) is 4.83. The highest BCUT2D eigenvalue weighted by atomic mass is 79.9. The monoisotopic (exact) mass is 323 g/mol. The maximum atomic E-state index is 11.7. The number of hydrogen-bond acceptors (Lipinski definition) is 1. The smallest absolute Gasteiger partial charge is 0.252 e. The summed E-state index contributed by atoms with van der Waals surface area (Å²) >= 11 is 14.9. The topological polar surface area (TPSA) is 29.1 Å². The third kappa shape index (κ3) is 3.96. The van der Waals surface area contributed by atoms with Crippen molar-refractivity contribution in [1.82, 2.24) is 5.32 Å². The minimum atomic E-state index is -0.172. The van der Waals surface area contributed by atoms with Crippen LogP contribution in [0.25, 0.3) is 0 Å². The van der Waals surface area contributed by atoms with E-state index in [1.165, 1.54) is 0 Å². The van der Waals surface area contributed by atoms with Crippen LogP contribution in [-0.4, -0.2) is 18.3 Å². The van der Waals surface area contributed by atoms with E-state index in [1.54, 1.807) is 18.2 Å². The molecule has 1 aromatic carbocycles. The Labute approximate surface area is 113 Å². The van der Waals surface area contributed by atoms with E-state index >= 15 is 0 Å². The van der Waals surface area contributed by atoms with Crippen LogP contribution in [0.3, 0.4) is 0 Å². The van der Waals surface area contributed by atoms with Gasteiger partial charge in [-0.15, -0.1) is 11.6 Å². The average molecular weight is 325 g/mol. The molecule has 2 nitrogen and oxygen atoms in total. The summed E-state index contributed by atoms with van der Waals surface area (Å²) in [5.41, 5.74) is 0.478. The van der Waals surface area contributed by atoms with Crippen LogP contribution < -0.4 is 5.32 Å². The molecule has 16 heavy (non-hydrogen) atoms. The first-order valence-corrected chi connectivity index (χ1v) is 6.54. The van der Waals surface area contributed by atoms with Crippen molar-refractivity contribution in [2.75, 3.05) is 12.4 Å². The standard InChI is InChI=1S/C11H12BrCl2NO/c1-7(5-13)6-15-11(16)9-3-2-8(12)4-10(9)14/h2-4,7H,5-6H2,1H3,(H,15,16). The van der Waals surface area contributed by atoms with Gasteiger partial charge >= 0.3 is 0 Å². The minimum Gasteiger partial charge on any atom is -0.352 e. The van der Waals surface area contributed by atoms with Crippen LogP contribution >= 0.6 is 39.1 Å². The quantitative estimate of drug-likeness (QED) is 0.840. The van der Waals surface area contributed by atoms with Gasteiger partial charge in [0.05, 0.1) is 10.6 Å². The maximum absolute atomic E-state index is 11.7. The molecule has 88 valence electrons. The Bertz CT molecular complexity index is 384. The van der Waals surface area contributed by atoms with Crippen molar-refractivity contribution in [3.8, 4) is 0 Å². The predicted octanol–water partition coefficient (Wildman–Crippen LogP) is 3.71. The molecule has 0 radical (unpaired) electrons. The molecule has 0 aliphatic rings. The molecular weight excluding hydrogens is 313 g/mol. The van der Waals surface area contributed by atoms with E-state index in [-0.39, 0.29) is 11.8 Å². The SMILES string of the molecule is CC(CCl)CNC(=O)c1ccc(Br)cc1Cl. The van der Waals surface area contributed by atoms with E-state index in [9.17, 15) is 4.79 Å². The van der Waals surface area contributed by atoms with Gasteiger partial charge in [-0.3, -0.25) is 4.79 Å². The van der Waals surface area contributed by atoms with Gasteiger partial charge in [-0.05, 0) is 24.1 Å². The molecule has 1 amide bonds. The lowest BCUT2D eigenvalue weighted by Crippen LogP contribution is -2.29. The fraction of sp³-hybridized carbons (Fsp3) is 0.364. The minimum absolute atomic E-state index is 0.172. The lowest BCUT2D eigenvalue weighted by molar-refractivity contribution is 0.0949. The van der Waals surface area contributed by atoms with Gasteiger partial charge in [0.1, 0.15) is 0 Å². The van der Waals surface area contributed by atoms with Gasteiger partial charge in [-0.1, -0.05) is 34.5 Å². The van der Waals surface area contributed by atoms with Crippen molar-refractivity contribution in [3.63, 3.8) is 0 Å². The van der Waals surface area contributed by atoms with Crippen LogP contribution in [0.4, 0.5) is 0 Å². The van der Waals surface area contributed by atoms with E-state index in [0.717, 1.165) is 4.47 Å². The highest BCUT2D eigenvalue weighted by Crippen LogP contribution is 2.21. The summed E-state index contributed by atoms with van der Waals surface area (Å²) in [6.45, 7) is 2.52. The molecular formula is C11H12BrCl2NO. The van der Waals surface area contributed by atoms with Crippen LogP contribution in [0.15, 0.2) is 22.7 Å². The van der Waals surface area contributed by atoms with Gasteiger partial charge in [0.25, 0.3) is 5.91 Å². The Balaban J connectivity index is 2.66. The van der Waals surface area contributed by atoms with Gasteiger partial charge in [0, 0.05) is 16.9 Å². The van der Waals surface area contributed by atoms with Crippen molar-refractivity contribution in [1.29, 1.82) is 0 Å². The first kappa shape index (κ1) is 13.8. The number of carbonyl (C=O) groups is 1. The van der Waals surface area contributed by atoms with E-state index in [0.29, 0.717) is 23.0 Å². The molecule has 0 aliphatic carbocycles. The number of halogens is 3.